The first-order valence-electron chi connectivity index (χ1n) is 10.4. The van der Waals surface area contributed by atoms with Gasteiger partial charge in [-0.2, -0.15) is 0 Å². The van der Waals surface area contributed by atoms with E-state index >= 15 is 0 Å². The molecule has 0 spiro atoms. The maximum atomic E-state index is 14.0. The molecule has 1 aliphatic carbocycles. The molecule has 0 atom stereocenters. The van der Waals surface area contributed by atoms with Crippen LogP contribution in [0.5, 0.6) is 0 Å². The third kappa shape index (κ3) is 5.23. The van der Waals surface area contributed by atoms with E-state index in [0.29, 0.717) is 11.6 Å². The monoisotopic (exact) mass is 421 g/mol. The Morgan fingerprint density at radius 1 is 0.931 bits per heavy atom. The second kappa shape index (κ2) is 9.35. The number of nitrogens with zero attached hydrogens (tertiary/aromatic N) is 1. The summed E-state index contributed by atoms with van der Waals surface area (Å²) in [5.41, 5.74) is 0.784. The van der Waals surface area contributed by atoms with Crippen LogP contribution in [0.3, 0.4) is 0 Å². The second-order valence-corrected chi connectivity index (χ2v) is 9.86. The number of hydrogen-bond acceptors (Lipinski definition) is 3. The highest BCUT2D eigenvalue weighted by Crippen LogP contribution is 2.31. The van der Waals surface area contributed by atoms with E-state index in [1.165, 1.54) is 24.3 Å². The molecule has 1 fully saturated rings. The zero-order valence-electron chi connectivity index (χ0n) is 17.1. The van der Waals surface area contributed by atoms with Gasteiger partial charge in [-0.15, -0.1) is 0 Å². The first kappa shape index (κ1) is 21.9. The second-order valence-electron chi connectivity index (χ2n) is 7.83. The van der Waals surface area contributed by atoms with E-state index < -0.39 is 21.5 Å². The quantitative estimate of drug-likeness (QED) is 0.608. The lowest BCUT2D eigenvalue weighted by Gasteiger charge is -2.35. The van der Waals surface area contributed by atoms with Crippen molar-refractivity contribution in [2.24, 2.45) is 5.92 Å². The van der Waals surface area contributed by atoms with Crippen LogP contribution in [0.2, 0.25) is 0 Å². The van der Waals surface area contributed by atoms with Gasteiger partial charge >= 0.3 is 0 Å². The summed E-state index contributed by atoms with van der Waals surface area (Å²) in [5, 5.41) is 0. The summed E-state index contributed by atoms with van der Waals surface area (Å²) >= 11 is 0. The van der Waals surface area contributed by atoms with Crippen LogP contribution in [0.4, 0.5) is 8.78 Å². The molecule has 0 unspecified atom stereocenters. The van der Waals surface area contributed by atoms with Crippen LogP contribution < -0.4 is 0 Å². The summed E-state index contributed by atoms with van der Waals surface area (Å²) in [6, 6.07) is 10.2. The molecule has 0 bridgehead atoms. The lowest BCUT2D eigenvalue weighted by atomic mass is 9.86. The van der Waals surface area contributed by atoms with Crippen LogP contribution in [-0.2, 0) is 9.84 Å². The summed E-state index contributed by atoms with van der Waals surface area (Å²) in [4.78, 5) is 2.72. The van der Waals surface area contributed by atoms with Crippen LogP contribution in [0.25, 0.3) is 11.1 Å². The highest BCUT2D eigenvalue weighted by molar-refractivity contribution is 7.91. The van der Waals surface area contributed by atoms with Crippen LogP contribution in [-0.4, -0.2) is 38.2 Å². The van der Waals surface area contributed by atoms with E-state index in [0.717, 1.165) is 44.8 Å². The fraction of sp³-hybridized carbons (Fsp3) is 0.478. The summed E-state index contributed by atoms with van der Waals surface area (Å²) in [6.07, 6.45) is 3.95. The molecule has 0 N–H and O–H groups in total. The van der Waals surface area contributed by atoms with Crippen molar-refractivity contribution in [1.29, 1.82) is 0 Å². The fourth-order valence-electron chi connectivity index (χ4n) is 4.39. The molecule has 6 heteroatoms. The van der Waals surface area contributed by atoms with E-state index in [-0.39, 0.29) is 22.1 Å². The van der Waals surface area contributed by atoms with Gasteiger partial charge in [0.1, 0.15) is 11.6 Å². The van der Waals surface area contributed by atoms with Crippen LogP contribution in [0.15, 0.2) is 47.4 Å². The summed E-state index contributed by atoms with van der Waals surface area (Å²) in [6.45, 7) is 6.40. The average Bonchev–Trinajstić information content (AvgIpc) is 2.70. The van der Waals surface area contributed by atoms with E-state index in [4.69, 9.17) is 0 Å². The Kier molecular flexibility index (Phi) is 7.06. The van der Waals surface area contributed by atoms with Gasteiger partial charge in [0.05, 0.1) is 10.6 Å². The standard InChI is InChI=1S/C23H29F2NO2S/c1-3-26(4-2)20-10-5-17(6-11-20)16-29(27,28)21-12-7-18(8-13-21)22-14-9-19(24)15-23(22)25/h7-9,12-15,17,20H,3-6,10-11,16H2,1-2H3. The highest BCUT2D eigenvalue weighted by atomic mass is 32.2. The Morgan fingerprint density at radius 3 is 2.10 bits per heavy atom. The molecule has 0 amide bonds. The van der Waals surface area contributed by atoms with Gasteiger partial charge in [-0.25, -0.2) is 17.2 Å². The van der Waals surface area contributed by atoms with Crippen LogP contribution >= 0.6 is 0 Å². The maximum Gasteiger partial charge on any atom is 0.178 e. The van der Waals surface area contributed by atoms with E-state index in [1.807, 2.05) is 0 Å². The highest BCUT2D eigenvalue weighted by Gasteiger charge is 2.28. The minimum atomic E-state index is -3.39. The van der Waals surface area contributed by atoms with Crippen molar-refractivity contribution in [2.45, 2.75) is 50.5 Å². The zero-order valence-corrected chi connectivity index (χ0v) is 17.9. The van der Waals surface area contributed by atoms with E-state index in [1.54, 1.807) is 12.1 Å². The number of sulfone groups is 1. The Hall–Kier alpha value is -1.79. The maximum absolute atomic E-state index is 14.0. The normalized spacial score (nSPS) is 20.2. The van der Waals surface area contributed by atoms with Gasteiger partial charge in [0.15, 0.2) is 9.84 Å². The Morgan fingerprint density at radius 2 is 1.55 bits per heavy atom. The molecule has 1 aliphatic rings. The predicted molar refractivity (Wildman–Crippen MR) is 113 cm³/mol. The largest absolute Gasteiger partial charge is 0.301 e. The SMILES string of the molecule is CCN(CC)C1CCC(CS(=O)(=O)c2ccc(-c3ccc(F)cc3F)cc2)CC1. The zero-order chi connectivity index (χ0) is 21.0. The summed E-state index contributed by atoms with van der Waals surface area (Å²) in [7, 11) is -3.39. The molecule has 2 aromatic rings. The molecule has 0 radical (unpaired) electrons. The van der Waals surface area contributed by atoms with Crippen molar-refractivity contribution in [3.63, 3.8) is 0 Å². The molecular weight excluding hydrogens is 392 g/mol. The number of benzene rings is 2. The van der Waals surface area contributed by atoms with Crippen molar-refractivity contribution in [3.05, 3.63) is 54.1 Å². The molecule has 1 saturated carbocycles. The molecule has 0 aliphatic heterocycles. The fourth-order valence-corrected chi connectivity index (χ4v) is 6.09. The van der Waals surface area contributed by atoms with Gasteiger partial charge in [-0.1, -0.05) is 26.0 Å². The first-order valence-corrected chi connectivity index (χ1v) is 12.0. The van der Waals surface area contributed by atoms with Crippen LogP contribution in [0, 0.1) is 17.6 Å². The molecule has 0 aromatic heterocycles. The van der Waals surface area contributed by atoms with E-state index in [9.17, 15) is 17.2 Å². The number of halogens is 2. The van der Waals surface area contributed by atoms with Gasteiger partial charge in [-0.05, 0) is 74.5 Å². The molecular formula is C23H29F2NO2S. The lowest BCUT2D eigenvalue weighted by Crippen LogP contribution is -2.38. The number of rotatable bonds is 7. The van der Waals surface area contributed by atoms with Gasteiger partial charge in [0, 0.05) is 17.7 Å². The van der Waals surface area contributed by atoms with Crippen molar-refractivity contribution in [3.8, 4) is 11.1 Å². The third-order valence-corrected chi connectivity index (χ3v) is 7.96. The molecule has 158 valence electrons. The van der Waals surface area contributed by atoms with Gasteiger partial charge in [0.25, 0.3) is 0 Å². The van der Waals surface area contributed by atoms with Crippen molar-refractivity contribution < 1.29 is 17.2 Å². The predicted octanol–water partition coefficient (Wildman–Crippen LogP) is 5.31. The topological polar surface area (TPSA) is 37.4 Å². The van der Waals surface area contributed by atoms with Crippen LogP contribution in [0.1, 0.15) is 39.5 Å². The molecule has 2 aromatic carbocycles. The minimum Gasteiger partial charge on any atom is -0.301 e. The summed E-state index contributed by atoms with van der Waals surface area (Å²) < 4.78 is 52.8. The first-order chi connectivity index (χ1) is 13.8. The van der Waals surface area contributed by atoms with Gasteiger partial charge in [-0.3, -0.25) is 0 Å². The molecule has 0 heterocycles. The van der Waals surface area contributed by atoms with Crippen molar-refractivity contribution >= 4 is 9.84 Å². The third-order valence-electron chi connectivity index (χ3n) is 6.06. The molecule has 3 nitrogen and oxygen atoms in total. The molecule has 29 heavy (non-hydrogen) atoms. The summed E-state index contributed by atoms with van der Waals surface area (Å²) in [5.74, 6) is -0.963. The Bertz CT molecular complexity index is 916. The minimum absolute atomic E-state index is 0.155. The average molecular weight is 422 g/mol. The lowest BCUT2D eigenvalue weighted by molar-refractivity contribution is 0.154. The molecule has 0 saturated heterocycles. The molecule has 3 rings (SSSR count). The van der Waals surface area contributed by atoms with Crippen molar-refractivity contribution in [2.75, 3.05) is 18.8 Å². The Balaban J connectivity index is 1.66. The number of hydrogen-bond donors (Lipinski definition) is 0. The van der Waals surface area contributed by atoms with Gasteiger partial charge < -0.3 is 4.90 Å². The van der Waals surface area contributed by atoms with Crippen molar-refractivity contribution in [1.82, 2.24) is 4.90 Å². The Labute approximate surface area is 172 Å². The van der Waals surface area contributed by atoms with E-state index in [2.05, 4.69) is 18.7 Å². The van der Waals surface area contributed by atoms with Gasteiger partial charge in [0.2, 0.25) is 0 Å². The smallest absolute Gasteiger partial charge is 0.178 e.